The van der Waals surface area contributed by atoms with Crippen molar-refractivity contribution >= 4 is 17.5 Å². The van der Waals surface area contributed by atoms with Gasteiger partial charge in [0.05, 0.1) is 12.0 Å². The van der Waals surface area contributed by atoms with Gasteiger partial charge in [-0.3, -0.25) is 5.32 Å². The number of carbonyl (C=O) groups excluding carboxylic acids is 1. The van der Waals surface area contributed by atoms with Gasteiger partial charge in [-0.1, -0.05) is 6.58 Å². The van der Waals surface area contributed by atoms with Crippen molar-refractivity contribution in [3.63, 3.8) is 0 Å². The van der Waals surface area contributed by atoms with Crippen LogP contribution in [0.4, 0.5) is 10.6 Å². The third-order valence-electron chi connectivity index (χ3n) is 1.44. The van der Waals surface area contributed by atoms with Crippen molar-refractivity contribution < 1.29 is 4.79 Å². The smallest absolute Gasteiger partial charge is 0.324 e. The van der Waals surface area contributed by atoms with Gasteiger partial charge < -0.3 is 10.3 Å². The van der Waals surface area contributed by atoms with Crippen LogP contribution in [0.15, 0.2) is 12.9 Å². The van der Waals surface area contributed by atoms with E-state index in [0.717, 1.165) is 5.69 Å². The third-order valence-corrected chi connectivity index (χ3v) is 1.44. The van der Waals surface area contributed by atoms with Crippen molar-refractivity contribution in [1.29, 1.82) is 0 Å². The van der Waals surface area contributed by atoms with Gasteiger partial charge in [-0.2, -0.15) is 0 Å². The lowest BCUT2D eigenvalue weighted by Crippen LogP contribution is -2.32. The van der Waals surface area contributed by atoms with Crippen LogP contribution >= 0.6 is 0 Å². The summed E-state index contributed by atoms with van der Waals surface area (Å²) in [4.78, 5) is 17.5. The number of urea groups is 1. The molecule has 0 atom stereocenters. The van der Waals surface area contributed by atoms with Crippen LogP contribution in [-0.2, 0) is 0 Å². The first-order valence-corrected chi connectivity index (χ1v) is 3.08. The first kappa shape index (κ1) is 5.96. The highest BCUT2D eigenvalue weighted by Gasteiger charge is 2.18. The monoisotopic (exact) mass is 150 g/mol. The van der Waals surface area contributed by atoms with Crippen LogP contribution < -0.4 is 10.6 Å². The summed E-state index contributed by atoms with van der Waals surface area (Å²) in [5, 5.41) is 5.02. The molecule has 11 heavy (non-hydrogen) atoms. The van der Waals surface area contributed by atoms with Gasteiger partial charge in [0.25, 0.3) is 0 Å². The Bertz CT molecular complexity index is 327. The minimum atomic E-state index is -0.297. The summed E-state index contributed by atoms with van der Waals surface area (Å²) >= 11 is 0. The molecule has 0 aromatic carbocycles. The number of nitrogens with zero attached hydrogens (tertiary/aromatic N) is 1. The Hall–Kier alpha value is -1.78. The first-order chi connectivity index (χ1) is 5.27. The predicted molar refractivity (Wildman–Crippen MR) is 39.8 cm³/mol. The molecule has 56 valence electrons. The van der Waals surface area contributed by atoms with Crippen LogP contribution in [0.2, 0.25) is 0 Å². The number of hydrogen-bond donors (Lipinski definition) is 3. The van der Waals surface area contributed by atoms with Crippen molar-refractivity contribution in [3.8, 4) is 0 Å². The van der Waals surface area contributed by atoms with Crippen molar-refractivity contribution in [2.75, 3.05) is 5.32 Å². The number of hydrogen-bond acceptors (Lipinski definition) is 2. The maximum atomic E-state index is 10.8. The van der Waals surface area contributed by atoms with Gasteiger partial charge in [0, 0.05) is 0 Å². The normalized spacial score (nSPS) is 15.3. The molecule has 0 saturated heterocycles. The molecule has 0 radical (unpaired) electrons. The maximum absolute atomic E-state index is 10.8. The molecule has 1 aromatic heterocycles. The summed E-state index contributed by atoms with van der Waals surface area (Å²) in [6.45, 7) is 3.63. The Balaban J connectivity index is 2.52. The minimum Gasteiger partial charge on any atom is -0.342 e. The van der Waals surface area contributed by atoms with Crippen molar-refractivity contribution in [3.05, 3.63) is 18.6 Å². The molecule has 3 N–H and O–H groups in total. The molecule has 0 unspecified atom stereocenters. The summed E-state index contributed by atoms with van der Waals surface area (Å²) in [5.41, 5.74) is 1.27. The molecule has 1 aliphatic heterocycles. The van der Waals surface area contributed by atoms with Crippen molar-refractivity contribution in [2.45, 2.75) is 0 Å². The zero-order valence-electron chi connectivity index (χ0n) is 5.64. The Morgan fingerprint density at radius 3 is 3.09 bits per heavy atom. The molecule has 1 aromatic rings. The van der Waals surface area contributed by atoms with Gasteiger partial charge >= 0.3 is 6.03 Å². The molecule has 0 aliphatic carbocycles. The topological polar surface area (TPSA) is 69.8 Å². The fourth-order valence-electron chi connectivity index (χ4n) is 0.957. The third kappa shape index (κ3) is 0.778. The number of imidazole rings is 1. The molecule has 2 rings (SSSR count). The van der Waals surface area contributed by atoms with Gasteiger partial charge in [0.15, 0.2) is 5.82 Å². The van der Waals surface area contributed by atoms with Crippen LogP contribution in [0.5, 0.6) is 0 Å². The van der Waals surface area contributed by atoms with Crippen LogP contribution in [0, 0.1) is 0 Å². The number of H-pyrrole nitrogens is 1. The zero-order chi connectivity index (χ0) is 7.84. The Morgan fingerprint density at radius 1 is 1.45 bits per heavy atom. The Morgan fingerprint density at radius 2 is 2.27 bits per heavy atom. The van der Waals surface area contributed by atoms with Crippen LogP contribution in [0.25, 0.3) is 5.70 Å². The van der Waals surface area contributed by atoms with E-state index in [1.165, 1.54) is 6.33 Å². The standard InChI is InChI=1S/C6H6N4O/c1-3-4-5(8-2-7-4)10-6(11)9-3/h2H,1H2,(H,7,8)(H2,9,10,11). The number of anilines is 1. The van der Waals surface area contributed by atoms with E-state index >= 15 is 0 Å². The maximum Gasteiger partial charge on any atom is 0.324 e. The van der Waals surface area contributed by atoms with Gasteiger partial charge in [-0.05, 0) is 0 Å². The molecule has 0 spiro atoms. The fourth-order valence-corrected chi connectivity index (χ4v) is 0.957. The second kappa shape index (κ2) is 1.85. The second-order valence-corrected chi connectivity index (χ2v) is 2.18. The molecular weight excluding hydrogens is 144 g/mol. The van der Waals surface area contributed by atoms with E-state index in [1.54, 1.807) is 0 Å². The van der Waals surface area contributed by atoms with E-state index in [-0.39, 0.29) is 6.03 Å². The number of aromatic amines is 1. The summed E-state index contributed by atoms with van der Waals surface area (Å²) in [6, 6.07) is -0.297. The largest absolute Gasteiger partial charge is 0.342 e. The fraction of sp³-hybridized carbons (Fsp3) is 0. The number of amides is 2. The lowest BCUT2D eigenvalue weighted by molar-refractivity contribution is 0.255. The average molecular weight is 150 g/mol. The van der Waals surface area contributed by atoms with Crippen LogP contribution in [0.1, 0.15) is 5.69 Å². The highest BCUT2D eigenvalue weighted by atomic mass is 16.2. The number of nitrogens with one attached hydrogen (secondary N) is 3. The average Bonchev–Trinajstić information content (AvgIpc) is 2.34. The van der Waals surface area contributed by atoms with Crippen molar-refractivity contribution in [2.24, 2.45) is 0 Å². The lowest BCUT2D eigenvalue weighted by atomic mass is 10.3. The molecule has 1 aliphatic rings. The van der Waals surface area contributed by atoms with Gasteiger partial charge in [-0.25, -0.2) is 9.78 Å². The molecule has 0 fully saturated rings. The Kier molecular flexibility index (Phi) is 1.00. The van der Waals surface area contributed by atoms with E-state index in [2.05, 4.69) is 27.2 Å². The van der Waals surface area contributed by atoms with E-state index in [9.17, 15) is 4.79 Å². The highest BCUT2D eigenvalue weighted by molar-refractivity contribution is 6.00. The molecular formula is C6H6N4O. The van der Waals surface area contributed by atoms with Crippen LogP contribution in [-0.4, -0.2) is 16.0 Å². The SMILES string of the molecule is C=C1NC(=O)Nc2nc[nH]c21. The van der Waals surface area contributed by atoms with Crippen LogP contribution in [0.3, 0.4) is 0 Å². The summed E-state index contributed by atoms with van der Waals surface area (Å²) < 4.78 is 0. The molecule has 0 bridgehead atoms. The number of fused-ring (bicyclic) bond motifs is 1. The quantitative estimate of drug-likeness (QED) is 0.504. The lowest BCUT2D eigenvalue weighted by Gasteiger charge is -2.14. The van der Waals surface area contributed by atoms with E-state index in [1.807, 2.05) is 0 Å². The van der Waals surface area contributed by atoms with Gasteiger partial charge in [0.1, 0.15) is 5.69 Å². The van der Waals surface area contributed by atoms with E-state index < -0.39 is 0 Å². The zero-order valence-corrected chi connectivity index (χ0v) is 5.64. The molecule has 2 heterocycles. The molecule has 2 amide bonds. The first-order valence-electron chi connectivity index (χ1n) is 3.08. The molecule has 0 saturated carbocycles. The van der Waals surface area contributed by atoms with E-state index in [4.69, 9.17) is 0 Å². The Labute approximate surface area is 62.5 Å². The summed E-state index contributed by atoms with van der Waals surface area (Å²) in [6.07, 6.45) is 1.50. The molecule has 5 heteroatoms. The van der Waals surface area contributed by atoms with E-state index in [0.29, 0.717) is 11.5 Å². The summed E-state index contributed by atoms with van der Waals surface area (Å²) in [7, 11) is 0. The summed E-state index contributed by atoms with van der Waals surface area (Å²) in [5.74, 6) is 0.527. The van der Waals surface area contributed by atoms with Crippen molar-refractivity contribution in [1.82, 2.24) is 15.3 Å². The second-order valence-electron chi connectivity index (χ2n) is 2.18. The van der Waals surface area contributed by atoms with Gasteiger partial charge in [-0.15, -0.1) is 0 Å². The molecule has 5 nitrogen and oxygen atoms in total. The number of aromatic nitrogens is 2. The minimum absolute atomic E-state index is 0.297. The van der Waals surface area contributed by atoms with Gasteiger partial charge in [0.2, 0.25) is 0 Å². The number of rotatable bonds is 0. The predicted octanol–water partition coefficient (Wildman–Crippen LogP) is 0.515. The highest BCUT2D eigenvalue weighted by Crippen LogP contribution is 2.19. The number of carbonyl (C=O) groups is 1.